The molecule has 27 heavy (non-hydrogen) atoms. The molecular weight excluding hydrogens is 336 g/mol. The number of hydrogen-bond donors (Lipinski definition) is 1. The zero-order valence-electron chi connectivity index (χ0n) is 15.3. The number of pyridine rings is 1. The highest BCUT2D eigenvalue weighted by molar-refractivity contribution is 5.75. The molecule has 0 unspecified atom stereocenters. The topological polar surface area (TPSA) is 54.2 Å². The minimum Gasteiger partial charge on any atom is -0.508 e. The van der Waals surface area contributed by atoms with Crippen LogP contribution in [0.1, 0.15) is 17.1 Å². The number of imidazole rings is 1. The van der Waals surface area contributed by atoms with Crippen molar-refractivity contribution in [1.29, 1.82) is 0 Å². The second-order valence-corrected chi connectivity index (χ2v) is 6.67. The second-order valence-electron chi connectivity index (χ2n) is 6.67. The monoisotopic (exact) mass is 358 g/mol. The number of aromatic hydroxyl groups is 1. The van der Waals surface area contributed by atoms with Crippen molar-refractivity contribution >= 4 is 11.0 Å². The van der Waals surface area contributed by atoms with Gasteiger partial charge in [-0.2, -0.15) is 0 Å². The summed E-state index contributed by atoms with van der Waals surface area (Å²) < 4.78 is 2.13. The molecule has 2 aromatic carbocycles. The van der Waals surface area contributed by atoms with Crippen LogP contribution in [-0.2, 0) is 26.7 Å². The minimum absolute atomic E-state index is 0.313. The number of benzene rings is 2. The van der Waals surface area contributed by atoms with Gasteiger partial charge in [0.1, 0.15) is 11.6 Å². The Labute approximate surface area is 158 Å². The van der Waals surface area contributed by atoms with Crippen molar-refractivity contribution in [2.75, 3.05) is 0 Å². The van der Waals surface area contributed by atoms with Crippen LogP contribution < -0.4 is 0 Å². The number of para-hydroxylation sites is 3. The van der Waals surface area contributed by atoms with Crippen molar-refractivity contribution in [3.05, 3.63) is 90.0 Å². The van der Waals surface area contributed by atoms with Gasteiger partial charge in [0.15, 0.2) is 0 Å². The molecule has 0 aliphatic rings. The van der Waals surface area contributed by atoms with Crippen LogP contribution in [0.5, 0.6) is 5.75 Å². The van der Waals surface area contributed by atoms with E-state index in [9.17, 15) is 5.11 Å². The van der Waals surface area contributed by atoms with Crippen molar-refractivity contribution in [3.8, 4) is 5.75 Å². The molecule has 0 atom stereocenters. The summed E-state index contributed by atoms with van der Waals surface area (Å²) in [4.78, 5) is 11.5. The van der Waals surface area contributed by atoms with Gasteiger partial charge in [-0.3, -0.25) is 9.88 Å². The predicted octanol–water partition coefficient (Wildman–Crippen LogP) is 3.88. The Bertz CT molecular complexity index is 1040. The molecule has 136 valence electrons. The summed E-state index contributed by atoms with van der Waals surface area (Å²) in [5.74, 6) is 1.30. The van der Waals surface area contributed by atoms with Gasteiger partial charge in [-0.25, -0.2) is 4.98 Å². The lowest BCUT2D eigenvalue weighted by Gasteiger charge is -2.22. The first-order valence-corrected chi connectivity index (χ1v) is 9.00. The Morgan fingerprint density at radius 3 is 2.44 bits per heavy atom. The van der Waals surface area contributed by atoms with Crippen LogP contribution in [-0.4, -0.2) is 24.5 Å². The molecule has 0 fully saturated rings. The van der Waals surface area contributed by atoms with Crippen LogP contribution in [0.4, 0.5) is 0 Å². The largest absolute Gasteiger partial charge is 0.508 e. The lowest BCUT2D eigenvalue weighted by Crippen LogP contribution is -2.24. The van der Waals surface area contributed by atoms with E-state index < -0.39 is 0 Å². The van der Waals surface area contributed by atoms with Gasteiger partial charge in [-0.15, -0.1) is 0 Å². The number of rotatable bonds is 6. The highest BCUT2D eigenvalue weighted by atomic mass is 16.3. The number of nitrogens with zero attached hydrogens (tertiary/aromatic N) is 4. The second kappa shape index (κ2) is 7.60. The van der Waals surface area contributed by atoms with E-state index in [1.54, 1.807) is 6.07 Å². The van der Waals surface area contributed by atoms with Gasteiger partial charge in [0, 0.05) is 31.9 Å². The average Bonchev–Trinajstić information content (AvgIpc) is 3.00. The Balaban J connectivity index is 1.64. The van der Waals surface area contributed by atoms with E-state index in [2.05, 4.69) is 20.5 Å². The fraction of sp³-hybridized carbons (Fsp3) is 0.182. The van der Waals surface area contributed by atoms with E-state index >= 15 is 0 Å². The first-order valence-electron chi connectivity index (χ1n) is 9.00. The molecule has 0 radical (unpaired) electrons. The lowest BCUT2D eigenvalue weighted by molar-refractivity contribution is 0.233. The Morgan fingerprint density at radius 2 is 1.67 bits per heavy atom. The standard InChI is InChI=1S/C22H22N4O/c1-25-20-11-4-3-10-19(20)24-22(25)16-26(15-18-9-6-7-13-23-18)14-17-8-2-5-12-21(17)27/h2-13,27H,14-16H2,1H3. The van der Waals surface area contributed by atoms with Gasteiger partial charge in [0.25, 0.3) is 0 Å². The van der Waals surface area contributed by atoms with Crippen LogP contribution >= 0.6 is 0 Å². The molecular formula is C22H22N4O. The molecule has 5 nitrogen and oxygen atoms in total. The Morgan fingerprint density at radius 1 is 0.889 bits per heavy atom. The zero-order valence-corrected chi connectivity index (χ0v) is 15.3. The summed E-state index contributed by atoms with van der Waals surface area (Å²) in [6, 6.07) is 21.6. The molecule has 0 spiro atoms. The van der Waals surface area contributed by atoms with Gasteiger partial charge in [-0.1, -0.05) is 36.4 Å². The van der Waals surface area contributed by atoms with Gasteiger partial charge < -0.3 is 9.67 Å². The van der Waals surface area contributed by atoms with Gasteiger partial charge in [0.05, 0.1) is 23.3 Å². The van der Waals surface area contributed by atoms with E-state index in [1.165, 1.54) is 0 Å². The Kier molecular flexibility index (Phi) is 4.85. The lowest BCUT2D eigenvalue weighted by atomic mass is 10.2. The molecule has 0 saturated carbocycles. The average molecular weight is 358 g/mol. The Hall–Kier alpha value is -3.18. The maximum absolute atomic E-state index is 10.2. The van der Waals surface area contributed by atoms with Crippen molar-refractivity contribution < 1.29 is 5.11 Å². The van der Waals surface area contributed by atoms with Gasteiger partial charge in [0.2, 0.25) is 0 Å². The highest BCUT2D eigenvalue weighted by Gasteiger charge is 2.15. The van der Waals surface area contributed by atoms with Crippen LogP contribution in [0.15, 0.2) is 72.9 Å². The molecule has 1 N–H and O–H groups in total. The molecule has 0 aliphatic heterocycles. The first kappa shape index (κ1) is 17.2. The quantitative estimate of drug-likeness (QED) is 0.568. The van der Waals surface area contributed by atoms with E-state index in [1.807, 2.05) is 67.8 Å². The molecule has 0 bridgehead atoms. The summed E-state index contributed by atoms with van der Waals surface area (Å²) in [5, 5.41) is 10.2. The number of aromatic nitrogens is 3. The molecule has 0 aliphatic carbocycles. The van der Waals surface area contributed by atoms with Crippen LogP contribution in [0.3, 0.4) is 0 Å². The molecule has 2 aromatic heterocycles. The number of phenols is 1. The minimum atomic E-state index is 0.313. The molecule has 5 heteroatoms. The summed E-state index contributed by atoms with van der Waals surface area (Å²) in [5.41, 5.74) is 4.00. The maximum atomic E-state index is 10.2. The third kappa shape index (κ3) is 3.83. The summed E-state index contributed by atoms with van der Waals surface area (Å²) in [6.45, 7) is 1.96. The third-order valence-electron chi connectivity index (χ3n) is 4.74. The van der Waals surface area contributed by atoms with Crippen LogP contribution in [0.2, 0.25) is 0 Å². The highest BCUT2D eigenvalue weighted by Crippen LogP contribution is 2.21. The molecule has 0 saturated heterocycles. The van der Waals surface area contributed by atoms with Crippen molar-refractivity contribution in [3.63, 3.8) is 0 Å². The third-order valence-corrected chi connectivity index (χ3v) is 4.74. The van der Waals surface area contributed by atoms with Crippen molar-refractivity contribution in [1.82, 2.24) is 19.4 Å². The summed E-state index contributed by atoms with van der Waals surface area (Å²) in [6.07, 6.45) is 1.81. The first-order chi connectivity index (χ1) is 13.2. The van der Waals surface area contributed by atoms with Crippen molar-refractivity contribution in [2.24, 2.45) is 7.05 Å². The smallest absolute Gasteiger partial charge is 0.123 e. The van der Waals surface area contributed by atoms with E-state index in [0.29, 0.717) is 25.4 Å². The number of hydrogen-bond acceptors (Lipinski definition) is 4. The number of fused-ring (bicyclic) bond motifs is 1. The van der Waals surface area contributed by atoms with Crippen LogP contribution in [0, 0.1) is 0 Å². The molecule has 4 rings (SSSR count). The normalized spacial score (nSPS) is 11.3. The zero-order chi connectivity index (χ0) is 18.6. The van der Waals surface area contributed by atoms with E-state index in [-0.39, 0.29) is 0 Å². The maximum Gasteiger partial charge on any atom is 0.123 e. The van der Waals surface area contributed by atoms with E-state index in [0.717, 1.165) is 28.1 Å². The van der Waals surface area contributed by atoms with Gasteiger partial charge >= 0.3 is 0 Å². The molecule has 2 heterocycles. The molecule has 0 amide bonds. The fourth-order valence-electron chi connectivity index (χ4n) is 3.31. The summed E-state index contributed by atoms with van der Waals surface area (Å²) in [7, 11) is 2.05. The SMILES string of the molecule is Cn1c(CN(Cc2ccccn2)Cc2ccccc2O)nc2ccccc21. The van der Waals surface area contributed by atoms with E-state index in [4.69, 9.17) is 4.98 Å². The fourth-order valence-corrected chi connectivity index (χ4v) is 3.31. The van der Waals surface area contributed by atoms with Crippen LogP contribution in [0.25, 0.3) is 11.0 Å². The number of aryl methyl sites for hydroxylation is 1. The number of phenolic OH excluding ortho intramolecular Hbond substituents is 1. The van der Waals surface area contributed by atoms with Crippen molar-refractivity contribution in [2.45, 2.75) is 19.6 Å². The molecule has 4 aromatic rings. The van der Waals surface area contributed by atoms with Gasteiger partial charge in [-0.05, 0) is 30.3 Å². The predicted molar refractivity (Wildman–Crippen MR) is 106 cm³/mol. The summed E-state index contributed by atoms with van der Waals surface area (Å²) >= 11 is 0.